The minimum absolute atomic E-state index is 0.0266. The number of nitrogens with zero attached hydrogens (tertiary/aromatic N) is 4. The van der Waals surface area contributed by atoms with E-state index in [0.29, 0.717) is 28.7 Å². The second-order valence-corrected chi connectivity index (χ2v) is 16.4. The van der Waals surface area contributed by atoms with Crippen LogP contribution in [0.5, 0.6) is 0 Å². The van der Waals surface area contributed by atoms with Gasteiger partial charge in [0, 0.05) is 36.9 Å². The molecule has 2 amide bonds. The van der Waals surface area contributed by atoms with E-state index in [4.69, 9.17) is 9.15 Å². The molecule has 10 nitrogen and oxygen atoms in total. The largest absolute Gasteiger partial charge is 0.444 e. The third-order valence-corrected chi connectivity index (χ3v) is 11.6. The smallest absolute Gasteiger partial charge is 0.407 e. The number of piperidine rings is 2. The molecule has 254 valence electrons. The van der Waals surface area contributed by atoms with E-state index in [9.17, 15) is 9.59 Å². The van der Waals surface area contributed by atoms with Gasteiger partial charge in [0.25, 0.3) is 0 Å². The number of aromatic nitrogens is 2. The molecular formula is C35H48N6O4S2. The highest BCUT2D eigenvalue weighted by molar-refractivity contribution is 8.00. The molecule has 3 aromatic rings. The van der Waals surface area contributed by atoms with E-state index in [1.54, 1.807) is 18.8 Å². The van der Waals surface area contributed by atoms with Crippen LogP contribution in [0.4, 0.5) is 9.93 Å². The summed E-state index contributed by atoms with van der Waals surface area (Å²) in [4.78, 5) is 38.9. The summed E-state index contributed by atoms with van der Waals surface area (Å²) in [5.41, 5.74) is 2.32. The van der Waals surface area contributed by atoms with Crippen molar-refractivity contribution in [2.75, 3.05) is 38.5 Å². The number of alkyl carbamates (subject to hydrolysis) is 1. The number of hydrogen-bond acceptors (Lipinski definition) is 10. The molecule has 47 heavy (non-hydrogen) atoms. The summed E-state index contributed by atoms with van der Waals surface area (Å²) in [5, 5.41) is 6.30. The van der Waals surface area contributed by atoms with Gasteiger partial charge in [0.15, 0.2) is 5.13 Å². The van der Waals surface area contributed by atoms with Crippen LogP contribution in [-0.4, -0.2) is 71.0 Å². The third kappa shape index (κ3) is 9.16. The van der Waals surface area contributed by atoms with Gasteiger partial charge in [-0.25, -0.2) is 14.8 Å². The molecule has 3 aliphatic rings. The van der Waals surface area contributed by atoms with Crippen LogP contribution in [0.2, 0.25) is 0 Å². The van der Waals surface area contributed by atoms with Gasteiger partial charge in [-0.3, -0.25) is 9.69 Å². The molecular weight excluding hydrogens is 633 g/mol. The lowest BCUT2D eigenvalue weighted by Gasteiger charge is -2.41. The Hall–Kier alpha value is -2.93. The van der Waals surface area contributed by atoms with Crippen molar-refractivity contribution in [1.29, 1.82) is 0 Å². The quantitative estimate of drug-likeness (QED) is 0.210. The van der Waals surface area contributed by atoms with E-state index in [-0.39, 0.29) is 29.4 Å². The first-order chi connectivity index (χ1) is 22.6. The Morgan fingerprint density at radius 2 is 1.74 bits per heavy atom. The number of hydrogen-bond donors (Lipinski definition) is 2. The fourth-order valence-electron chi connectivity index (χ4n) is 6.50. The molecule has 2 aromatic heterocycles. The van der Waals surface area contributed by atoms with Crippen LogP contribution in [0.15, 0.2) is 45.3 Å². The normalized spacial score (nSPS) is 19.4. The van der Waals surface area contributed by atoms with E-state index in [1.165, 1.54) is 16.9 Å². The molecule has 3 fully saturated rings. The maximum absolute atomic E-state index is 13.1. The summed E-state index contributed by atoms with van der Waals surface area (Å²) in [5.74, 6) is 2.77. The molecule has 1 aromatic carbocycles. The van der Waals surface area contributed by atoms with Gasteiger partial charge >= 0.3 is 6.09 Å². The molecule has 12 heteroatoms. The lowest BCUT2D eigenvalue weighted by atomic mass is 9.92. The second-order valence-electron chi connectivity index (χ2n) is 14.1. The van der Waals surface area contributed by atoms with Gasteiger partial charge in [0.1, 0.15) is 11.9 Å². The average Bonchev–Trinajstić information content (AvgIpc) is 3.61. The zero-order chi connectivity index (χ0) is 33.0. The van der Waals surface area contributed by atoms with Crippen molar-refractivity contribution in [3.63, 3.8) is 0 Å². The average molecular weight is 681 g/mol. The Bertz CT molecular complexity index is 1480. The lowest BCUT2D eigenvalue weighted by molar-refractivity contribution is -0.121. The first-order valence-corrected chi connectivity index (χ1v) is 18.7. The predicted octanol–water partition coefficient (Wildman–Crippen LogP) is 6.84. The minimum Gasteiger partial charge on any atom is -0.444 e. The number of carbonyl (C=O) groups excluding carboxylic acids is 2. The van der Waals surface area contributed by atoms with Crippen molar-refractivity contribution in [2.24, 2.45) is 11.8 Å². The summed E-state index contributed by atoms with van der Waals surface area (Å²) in [6.07, 6.45) is 9.42. The fourth-order valence-corrected chi connectivity index (χ4v) is 8.23. The second kappa shape index (κ2) is 15.1. The van der Waals surface area contributed by atoms with E-state index in [0.717, 1.165) is 86.8 Å². The fraction of sp³-hybridized carbons (Fsp3) is 0.600. The van der Waals surface area contributed by atoms with Crippen LogP contribution >= 0.6 is 23.1 Å². The molecule has 2 N–H and O–H groups in total. The number of ether oxygens (including phenoxy) is 1. The summed E-state index contributed by atoms with van der Waals surface area (Å²) in [7, 11) is 1.60. The van der Waals surface area contributed by atoms with E-state index in [2.05, 4.69) is 75.4 Å². The number of rotatable bonds is 11. The van der Waals surface area contributed by atoms with Crippen molar-refractivity contribution in [3.8, 4) is 0 Å². The highest BCUT2D eigenvalue weighted by Crippen LogP contribution is 2.43. The molecule has 1 atom stereocenters. The Labute approximate surface area is 286 Å². The number of nitrogens with one attached hydrogen (secondary N) is 2. The van der Waals surface area contributed by atoms with Crippen LogP contribution in [0.1, 0.15) is 88.2 Å². The Balaban J connectivity index is 0.894. The first-order valence-electron chi connectivity index (χ1n) is 16.9. The van der Waals surface area contributed by atoms with E-state index < -0.39 is 0 Å². The number of benzene rings is 1. The molecule has 1 saturated carbocycles. The maximum Gasteiger partial charge on any atom is 0.407 e. The minimum atomic E-state index is -0.365. The van der Waals surface area contributed by atoms with Gasteiger partial charge in [-0.15, -0.1) is 11.8 Å². The molecule has 0 spiro atoms. The van der Waals surface area contributed by atoms with Crippen LogP contribution in [0.25, 0.3) is 0 Å². The number of carbonyl (C=O) groups is 2. The summed E-state index contributed by atoms with van der Waals surface area (Å²) >= 11 is 3.13. The van der Waals surface area contributed by atoms with Gasteiger partial charge in [-0.05, 0) is 75.8 Å². The van der Waals surface area contributed by atoms with Crippen molar-refractivity contribution in [1.82, 2.24) is 25.1 Å². The van der Waals surface area contributed by atoms with Gasteiger partial charge in [0.05, 0.1) is 22.4 Å². The first kappa shape index (κ1) is 34.0. The van der Waals surface area contributed by atoms with Gasteiger partial charge in [-0.1, -0.05) is 56.4 Å². The van der Waals surface area contributed by atoms with Crippen molar-refractivity contribution in [3.05, 3.63) is 59.4 Å². The Kier molecular flexibility index (Phi) is 10.9. The molecule has 0 radical (unpaired) electrons. The number of anilines is 1. The number of thioether (sulfide) groups is 1. The molecule has 1 aliphatic carbocycles. The van der Waals surface area contributed by atoms with Gasteiger partial charge in [-0.2, -0.15) is 0 Å². The standard InChI is InChI=1S/C35H48N6O4S2/c1-35(2,3)28-19-37-29(44-28)22-46-30-20-38-33(47-30)39-32(42)26-11-17-41(18-12-26)27-13-15-40(16-14-27)21-23-5-7-24(8-6-23)31(25-9-10-25)45-34(43)36-4/h5-8,19-20,25-27,31H,9-18,21-22H2,1-4H3,(H,36,43)(H,38,39,42). The highest BCUT2D eigenvalue weighted by atomic mass is 32.2. The van der Waals surface area contributed by atoms with Gasteiger partial charge < -0.3 is 24.7 Å². The lowest BCUT2D eigenvalue weighted by Crippen LogP contribution is -2.48. The predicted molar refractivity (Wildman–Crippen MR) is 186 cm³/mol. The summed E-state index contributed by atoms with van der Waals surface area (Å²) < 4.78 is 12.6. The van der Waals surface area contributed by atoms with E-state index >= 15 is 0 Å². The molecule has 0 bridgehead atoms. The topological polar surface area (TPSA) is 113 Å². The van der Waals surface area contributed by atoms with Crippen molar-refractivity contribution < 1.29 is 18.7 Å². The van der Waals surface area contributed by atoms with Crippen LogP contribution in [-0.2, 0) is 27.2 Å². The molecule has 1 unspecified atom stereocenters. The van der Waals surface area contributed by atoms with Crippen LogP contribution in [0, 0.1) is 11.8 Å². The van der Waals surface area contributed by atoms with Crippen molar-refractivity contribution in [2.45, 2.75) is 93.4 Å². The summed E-state index contributed by atoms with van der Waals surface area (Å²) in [6.45, 7) is 11.4. The van der Waals surface area contributed by atoms with Crippen LogP contribution < -0.4 is 10.6 Å². The Morgan fingerprint density at radius 1 is 1.02 bits per heavy atom. The molecule has 6 rings (SSSR count). The third-order valence-electron chi connectivity index (χ3n) is 9.52. The molecule has 2 saturated heterocycles. The van der Waals surface area contributed by atoms with E-state index in [1.807, 2.05) is 12.4 Å². The highest BCUT2D eigenvalue weighted by Gasteiger charge is 2.35. The molecule has 4 heterocycles. The SMILES string of the molecule is CNC(=O)OC(c1ccc(CN2CCC(N3CCC(C(=O)Nc4ncc(SCc5ncc(C(C)(C)C)o5)s4)CC3)CC2)cc1)C1CC1. The number of oxazole rings is 1. The van der Waals surface area contributed by atoms with Crippen molar-refractivity contribution >= 4 is 40.2 Å². The Morgan fingerprint density at radius 3 is 2.38 bits per heavy atom. The maximum atomic E-state index is 13.1. The van der Waals surface area contributed by atoms with Crippen LogP contribution in [0.3, 0.4) is 0 Å². The summed E-state index contributed by atoms with van der Waals surface area (Å²) in [6, 6.07) is 9.21. The zero-order valence-electron chi connectivity index (χ0n) is 28.0. The number of likely N-dealkylation sites (tertiary alicyclic amines) is 2. The monoisotopic (exact) mass is 680 g/mol. The zero-order valence-corrected chi connectivity index (χ0v) is 29.6. The van der Waals surface area contributed by atoms with Gasteiger partial charge in [0.2, 0.25) is 11.8 Å². The molecule has 2 aliphatic heterocycles. The number of amides is 2. The number of thiazole rings is 1.